The van der Waals surface area contributed by atoms with E-state index >= 15 is 0 Å². The molecule has 0 amide bonds. The molecule has 1 aromatic carbocycles. The standard InChI is InChI=1S/C8H6BrNO4/c9-5-8(11)14-7-4-2-1-3-6(7)10(12)13/h1-4H,5H2. The van der Waals surface area contributed by atoms with E-state index in [2.05, 4.69) is 15.9 Å². The van der Waals surface area contributed by atoms with Gasteiger partial charge in [0.1, 0.15) is 5.33 Å². The number of esters is 1. The van der Waals surface area contributed by atoms with Crippen LogP contribution in [0.5, 0.6) is 5.75 Å². The van der Waals surface area contributed by atoms with Gasteiger partial charge in [-0.25, -0.2) is 0 Å². The van der Waals surface area contributed by atoms with Crippen molar-refractivity contribution >= 4 is 27.6 Å². The number of carbonyl (C=O) groups excluding carboxylic acids is 1. The summed E-state index contributed by atoms with van der Waals surface area (Å²) in [5.74, 6) is -0.610. The topological polar surface area (TPSA) is 69.4 Å². The first-order valence-electron chi connectivity index (χ1n) is 3.65. The summed E-state index contributed by atoms with van der Waals surface area (Å²) in [6, 6.07) is 5.71. The number of alkyl halides is 1. The fourth-order valence-electron chi connectivity index (χ4n) is 0.844. The number of nitro groups is 1. The van der Waals surface area contributed by atoms with Gasteiger partial charge in [0.2, 0.25) is 5.75 Å². The third-order valence-corrected chi connectivity index (χ3v) is 1.85. The number of para-hydroxylation sites is 2. The van der Waals surface area contributed by atoms with E-state index in [1.165, 1.54) is 18.2 Å². The van der Waals surface area contributed by atoms with Gasteiger partial charge < -0.3 is 4.74 Å². The number of ether oxygens (including phenoxy) is 1. The summed E-state index contributed by atoms with van der Waals surface area (Å²) in [6.07, 6.45) is 0. The fraction of sp³-hybridized carbons (Fsp3) is 0.125. The van der Waals surface area contributed by atoms with E-state index in [0.717, 1.165) is 0 Å². The molecule has 0 spiro atoms. The summed E-state index contributed by atoms with van der Waals surface area (Å²) in [5.41, 5.74) is -0.221. The highest BCUT2D eigenvalue weighted by Crippen LogP contribution is 2.25. The molecule has 0 saturated carbocycles. The van der Waals surface area contributed by atoms with Crippen LogP contribution in [0.2, 0.25) is 0 Å². The minimum absolute atomic E-state index is 0.000944. The van der Waals surface area contributed by atoms with Gasteiger partial charge in [0.25, 0.3) is 0 Å². The van der Waals surface area contributed by atoms with E-state index in [-0.39, 0.29) is 16.8 Å². The number of nitrogens with zero attached hydrogens (tertiary/aromatic N) is 1. The molecule has 0 N–H and O–H groups in total. The van der Waals surface area contributed by atoms with Gasteiger partial charge in [-0.15, -0.1) is 0 Å². The largest absolute Gasteiger partial charge is 0.419 e. The molecular formula is C8H6BrNO4. The maximum absolute atomic E-state index is 10.9. The zero-order valence-corrected chi connectivity index (χ0v) is 8.56. The molecule has 5 nitrogen and oxygen atoms in total. The minimum Gasteiger partial charge on any atom is -0.419 e. The second kappa shape index (κ2) is 4.71. The summed E-state index contributed by atoms with van der Waals surface area (Å²) < 4.78 is 4.73. The molecule has 1 aromatic rings. The maximum atomic E-state index is 10.9. The van der Waals surface area contributed by atoms with Crippen molar-refractivity contribution in [3.63, 3.8) is 0 Å². The second-order valence-corrected chi connectivity index (χ2v) is 2.89. The molecule has 14 heavy (non-hydrogen) atoms. The quantitative estimate of drug-likeness (QED) is 0.273. The predicted octanol–water partition coefficient (Wildman–Crippen LogP) is 1.90. The summed E-state index contributed by atoms with van der Waals surface area (Å²) in [4.78, 5) is 20.8. The highest BCUT2D eigenvalue weighted by Gasteiger charge is 2.15. The van der Waals surface area contributed by atoms with Crippen LogP contribution in [0.4, 0.5) is 5.69 Å². The average molecular weight is 260 g/mol. The monoisotopic (exact) mass is 259 g/mol. The van der Waals surface area contributed by atoms with Gasteiger partial charge in [-0.3, -0.25) is 14.9 Å². The van der Waals surface area contributed by atoms with Crippen LogP contribution < -0.4 is 4.74 Å². The highest BCUT2D eigenvalue weighted by molar-refractivity contribution is 9.09. The van der Waals surface area contributed by atoms with Crippen molar-refractivity contribution in [2.75, 3.05) is 5.33 Å². The molecule has 74 valence electrons. The van der Waals surface area contributed by atoms with Crippen LogP contribution in [0.15, 0.2) is 24.3 Å². The lowest BCUT2D eigenvalue weighted by atomic mass is 10.3. The Morgan fingerprint density at radius 3 is 2.71 bits per heavy atom. The van der Waals surface area contributed by atoms with E-state index < -0.39 is 10.9 Å². The van der Waals surface area contributed by atoms with Gasteiger partial charge in [0.15, 0.2) is 0 Å². The van der Waals surface area contributed by atoms with Crippen molar-refractivity contribution in [3.05, 3.63) is 34.4 Å². The van der Waals surface area contributed by atoms with Crippen LogP contribution in [-0.2, 0) is 4.79 Å². The Labute approximate surface area is 88.0 Å². The number of benzene rings is 1. The highest BCUT2D eigenvalue weighted by atomic mass is 79.9. The molecule has 0 fully saturated rings. The Kier molecular flexibility index (Phi) is 3.58. The van der Waals surface area contributed by atoms with Crippen LogP contribution in [0.25, 0.3) is 0 Å². The molecule has 0 aliphatic rings. The van der Waals surface area contributed by atoms with E-state index in [4.69, 9.17) is 4.74 Å². The molecule has 0 radical (unpaired) electrons. The van der Waals surface area contributed by atoms with Gasteiger partial charge in [0, 0.05) is 6.07 Å². The number of nitro benzene ring substituents is 1. The summed E-state index contributed by atoms with van der Waals surface area (Å²) >= 11 is 2.89. The number of hydrogen-bond acceptors (Lipinski definition) is 4. The molecule has 0 heterocycles. The molecule has 0 bridgehead atoms. The predicted molar refractivity (Wildman–Crippen MR) is 52.5 cm³/mol. The zero-order chi connectivity index (χ0) is 10.6. The number of halogens is 1. The van der Waals surface area contributed by atoms with Gasteiger partial charge >= 0.3 is 11.7 Å². The van der Waals surface area contributed by atoms with Gasteiger partial charge in [-0.05, 0) is 6.07 Å². The lowest BCUT2D eigenvalue weighted by Crippen LogP contribution is -2.09. The fourth-order valence-corrected chi connectivity index (χ4v) is 0.959. The summed E-state index contributed by atoms with van der Waals surface area (Å²) in [5, 5.41) is 10.5. The third-order valence-electron chi connectivity index (χ3n) is 1.39. The lowest BCUT2D eigenvalue weighted by Gasteiger charge is -2.01. The average Bonchev–Trinajstić information content (AvgIpc) is 2.18. The number of carbonyl (C=O) groups is 1. The van der Waals surface area contributed by atoms with Crippen molar-refractivity contribution in [1.29, 1.82) is 0 Å². The van der Waals surface area contributed by atoms with Crippen molar-refractivity contribution in [1.82, 2.24) is 0 Å². The Morgan fingerprint density at radius 1 is 1.50 bits per heavy atom. The molecule has 0 unspecified atom stereocenters. The molecule has 0 aliphatic heterocycles. The zero-order valence-electron chi connectivity index (χ0n) is 6.97. The molecular weight excluding hydrogens is 254 g/mol. The molecule has 0 aromatic heterocycles. The van der Waals surface area contributed by atoms with Gasteiger partial charge in [-0.2, -0.15) is 0 Å². The van der Waals surface area contributed by atoms with Crippen molar-refractivity contribution in [3.8, 4) is 5.75 Å². The van der Waals surface area contributed by atoms with E-state index in [1.807, 2.05) is 0 Å². The summed E-state index contributed by atoms with van der Waals surface area (Å²) in [6.45, 7) is 0. The van der Waals surface area contributed by atoms with Crippen molar-refractivity contribution in [2.24, 2.45) is 0 Å². The summed E-state index contributed by atoms with van der Waals surface area (Å²) in [7, 11) is 0. The smallest absolute Gasteiger partial charge is 0.322 e. The normalized spacial score (nSPS) is 9.50. The van der Waals surface area contributed by atoms with E-state index in [0.29, 0.717) is 0 Å². The minimum atomic E-state index is -0.600. The second-order valence-electron chi connectivity index (χ2n) is 2.33. The Balaban J connectivity index is 2.95. The lowest BCUT2D eigenvalue weighted by molar-refractivity contribution is -0.385. The molecule has 0 atom stereocenters. The SMILES string of the molecule is O=C(CBr)Oc1ccccc1[N+](=O)[O-]. The molecule has 0 saturated heterocycles. The Hall–Kier alpha value is -1.43. The van der Waals surface area contributed by atoms with Gasteiger partial charge in [0.05, 0.1) is 4.92 Å². The first-order valence-corrected chi connectivity index (χ1v) is 4.77. The maximum Gasteiger partial charge on any atom is 0.322 e. The van der Waals surface area contributed by atoms with Gasteiger partial charge in [-0.1, -0.05) is 28.1 Å². The Morgan fingerprint density at radius 2 is 2.14 bits per heavy atom. The van der Waals surface area contributed by atoms with Crippen LogP contribution in [-0.4, -0.2) is 16.2 Å². The van der Waals surface area contributed by atoms with Crippen molar-refractivity contribution < 1.29 is 14.5 Å². The first-order chi connectivity index (χ1) is 6.65. The van der Waals surface area contributed by atoms with Crippen LogP contribution in [0.3, 0.4) is 0 Å². The van der Waals surface area contributed by atoms with E-state index in [9.17, 15) is 14.9 Å². The number of hydrogen-bond donors (Lipinski definition) is 0. The van der Waals surface area contributed by atoms with E-state index in [1.54, 1.807) is 6.07 Å². The van der Waals surface area contributed by atoms with Crippen molar-refractivity contribution in [2.45, 2.75) is 0 Å². The Bertz CT molecular complexity index is 366. The van der Waals surface area contributed by atoms with Crippen LogP contribution >= 0.6 is 15.9 Å². The molecule has 1 rings (SSSR count). The molecule has 6 heteroatoms. The van der Waals surface area contributed by atoms with Crippen LogP contribution in [0.1, 0.15) is 0 Å². The third kappa shape index (κ3) is 2.53. The first kappa shape index (κ1) is 10.6. The molecule has 0 aliphatic carbocycles. The number of rotatable bonds is 3. The van der Waals surface area contributed by atoms with Crippen LogP contribution in [0, 0.1) is 10.1 Å².